The van der Waals surface area contributed by atoms with E-state index in [0.29, 0.717) is 31.0 Å². The molecular weight excluding hydrogens is 340 g/mol. The van der Waals surface area contributed by atoms with E-state index in [0.717, 1.165) is 25.8 Å². The molecule has 0 atom stereocenters. The van der Waals surface area contributed by atoms with Gasteiger partial charge in [0.25, 0.3) is 0 Å². The van der Waals surface area contributed by atoms with E-state index >= 15 is 0 Å². The Bertz CT molecular complexity index is 457. The average Bonchev–Trinajstić information content (AvgIpc) is 2.55. The predicted molar refractivity (Wildman–Crippen MR) is 102 cm³/mol. The first-order valence-electron chi connectivity index (χ1n) is 9.04. The van der Waals surface area contributed by atoms with Crippen molar-refractivity contribution in [3.05, 3.63) is 0 Å². The minimum absolute atomic E-state index is 0.0958. The molecule has 0 spiro atoms. The molecule has 0 aromatic carbocycles. The maximum Gasteiger partial charge on any atom is 0.410 e. The van der Waals surface area contributed by atoms with Crippen molar-refractivity contribution in [1.82, 2.24) is 21.1 Å². The number of thiocarbonyl (C=S) groups is 1. The Labute approximate surface area is 156 Å². The summed E-state index contributed by atoms with van der Waals surface area (Å²) in [6.45, 7) is 9.51. The van der Waals surface area contributed by atoms with Gasteiger partial charge in [-0.05, 0) is 52.3 Å². The van der Waals surface area contributed by atoms with Crippen LogP contribution in [-0.2, 0) is 9.53 Å². The summed E-state index contributed by atoms with van der Waals surface area (Å²) >= 11 is 5.12. The van der Waals surface area contributed by atoms with Crippen molar-refractivity contribution in [2.24, 2.45) is 5.92 Å². The Kier molecular flexibility index (Phi) is 8.96. The second-order valence-corrected chi connectivity index (χ2v) is 7.73. The second-order valence-electron chi connectivity index (χ2n) is 7.32. The number of ether oxygens (including phenoxy) is 1. The molecular formula is C17H32N4O3S. The highest BCUT2D eigenvalue weighted by molar-refractivity contribution is 7.80. The van der Waals surface area contributed by atoms with Crippen LogP contribution in [0.2, 0.25) is 0 Å². The molecule has 1 rings (SSSR count). The van der Waals surface area contributed by atoms with E-state index in [9.17, 15) is 9.59 Å². The largest absolute Gasteiger partial charge is 0.444 e. The van der Waals surface area contributed by atoms with Crippen molar-refractivity contribution in [3.8, 4) is 0 Å². The zero-order chi connectivity index (χ0) is 18.9. The van der Waals surface area contributed by atoms with Crippen molar-refractivity contribution >= 4 is 29.3 Å². The molecule has 0 aromatic rings. The lowest BCUT2D eigenvalue weighted by Gasteiger charge is -2.32. The summed E-state index contributed by atoms with van der Waals surface area (Å²) in [7, 11) is 0. The highest BCUT2D eigenvalue weighted by Crippen LogP contribution is 2.19. The minimum atomic E-state index is -0.505. The molecule has 1 aliphatic rings. The molecule has 0 aliphatic carbocycles. The average molecular weight is 373 g/mol. The highest BCUT2D eigenvalue weighted by atomic mass is 32.1. The molecule has 1 fully saturated rings. The standard InChI is InChI=1S/C17H32N4O3S/c1-5-6-7-10-18-15(25)20-19-14(22)13-8-11-21(12-9-13)16(23)24-17(2,3)4/h13H,5-12H2,1-4H3,(H,19,22)(H2,18,20,25). The van der Waals surface area contributed by atoms with Crippen LogP contribution in [0.15, 0.2) is 0 Å². The normalized spacial score (nSPS) is 15.4. The van der Waals surface area contributed by atoms with E-state index in [1.165, 1.54) is 0 Å². The first-order chi connectivity index (χ1) is 11.7. The quantitative estimate of drug-likeness (QED) is 0.390. The molecule has 0 saturated carbocycles. The number of rotatable bonds is 5. The molecule has 3 N–H and O–H groups in total. The summed E-state index contributed by atoms with van der Waals surface area (Å²) in [6, 6.07) is 0. The van der Waals surface area contributed by atoms with Crippen LogP contribution in [0.3, 0.4) is 0 Å². The fraction of sp³-hybridized carbons (Fsp3) is 0.824. The van der Waals surface area contributed by atoms with Gasteiger partial charge < -0.3 is 15.0 Å². The number of unbranched alkanes of at least 4 members (excludes halogenated alkanes) is 2. The van der Waals surface area contributed by atoms with Crippen LogP contribution < -0.4 is 16.2 Å². The Morgan fingerprint density at radius 2 is 1.80 bits per heavy atom. The maximum atomic E-state index is 12.2. The van der Waals surface area contributed by atoms with Crippen LogP contribution in [0.5, 0.6) is 0 Å². The van der Waals surface area contributed by atoms with Gasteiger partial charge in [-0.2, -0.15) is 0 Å². The summed E-state index contributed by atoms with van der Waals surface area (Å²) in [5, 5.41) is 3.48. The Hall–Kier alpha value is -1.57. The van der Waals surface area contributed by atoms with E-state index in [-0.39, 0.29) is 17.9 Å². The van der Waals surface area contributed by atoms with Crippen molar-refractivity contribution in [2.75, 3.05) is 19.6 Å². The fourth-order valence-corrected chi connectivity index (χ4v) is 2.65. The number of carbonyl (C=O) groups is 2. The van der Waals surface area contributed by atoms with E-state index < -0.39 is 5.60 Å². The molecule has 0 bridgehead atoms. The van der Waals surface area contributed by atoms with Gasteiger partial charge in [-0.1, -0.05) is 19.8 Å². The summed E-state index contributed by atoms with van der Waals surface area (Å²) < 4.78 is 5.36. The van der Waals surface area contributed by atoms with Gasteiger partial charge in [0, 0.05) is 25.6 Å². The van der Waals surface area contributed by atoms with E-state index in [4.69, 9.17) is 17.0 Å². The third kappa shape index (κ3) is 8.90. The third-order valence-corrected chi connectivity index (χ3v) is 4.13. The maximum absolute atomic E-state index is 12.2. The summed E-state index contributed by atoms with van der Waals surface area (Å²) in [4.78, 5) is 25.9. The molecule has 0 radical (unpaired) electrons. The first-order valence-corrected chi connectivity index (χ1v) is 9.45. The van der Waals surface area contributed by atoms with Crippen LogP contribution >= 0.6 is 12.2 Å². The van der Waals surface area contributed by atoms with E-state index in [2.05, 4.69) is 23.1 Å². The predicted octanol–water partition coefficient (Wildman–Crippen LogP) is 2.32. The van der Waals surface area contributed by atoms with E-state index in [1.54, 1.807) is 4.90 Å². The van der Waals surface area contributed by atoms with Gasteiger partial charge in [0.2, 0.25) is 5.91 Å². The molecule has 25 heavy (non-hydrogen) atoms. The fourth-order valence-electron chi connectivity index (χ4n) is 2.49. The van der Waals surface area contributed by atoms with Gasteiger partial charge in [-0.25, -0.2) is 4.79 Å². The summed E-state index contributed by atoms with van der Waals surface area (Å²) in [5.41, 5.74) is 4.88. The highest BCUT2D eigenvalue weighted by Gasteiger charge is 2.29. The van der Waals surface area contributed by atoms with Gasteiger partial charge in [0.15, 0.2) is 5.11 Å². The minimum Gasteiger partial charge on any atom is -0.444 e. The summed E-state index contributed by atoms with van der Waals surface area (Å²) in [5.74, 6) is -0.226. The molecule has 0 unspecified atom stereocenters. The second kappa shape index (κ2) is 10.4. The number of piperidine rings is 1. The van der Waals surface area contributed by atoms with Gasteiger partial charge in [0.05, 0.1) is 0 Å². The smallest absolute Gasteiger partial charge is 0.410 e. The lowest BCUT2D eigenvalue weighted by molar-refractivity contribution is -0.127. The molecule has 1 aliphatic heterocycles. The van der Waals surface area contributed by atoms with Gasteiger partial charge in [0.1, 0.15) is 5.60 Å². The number of carbonyl (C=O) groups excluding carboxylic acids is 2. The van der Waals surface area contributed by atoms with Crippen LogP contribution in [0, 0.1) is 5.92 Å². The van der Waals surface area contributed by atoms with Crippen molar-refractivity contribution < 1.29 is 14.3 Å². The topological polar surface area (TPSA) is 82.7 Å². The molecule has 1 saturated heterocycles. The Morgan fingerprint density at radius 1 is 1.16 bits per heavy atom. The van der Waals surface area contributed by atoms with Crippen molar-refractivity contribution in [1.29, 1.82) is 0 Å². The molecule has 8 heteroatoms. The lowest BCUT2D eigenvalue weighted by Crippen LogP contribution is -2.51. The molecule has 2 amide bonds. The number of nitrogens with zero attached hydrogens (tertiary/aromatic N) is 1. The van der Waals surface area contributed by atoms with Crippen molar-refractivity contribution in [2.45, 2.75) is 65.4 Å². The Balaban J connectivity index is 2.24. The monoisotopic (exact) mass is 372 g/mol. The third-order valence-electron chi connectivity index (χ3n) is 3.88. The Morgan fingerprint density at radius 3 is 2.36 bits per heavy atom. The van der Waals surface area contributed by atoms with Crippen LogP contribution in [0.4, 0.5) is 4.79 Å². The van der Waals surface area contributed by atoms with Gasteiger partial charge in [-0.3, -0.25) is 15.6 Å². The summed E-state index contributed by atoms with van der Waals surface area (Å²) in [6.07, 6.45) is 4.27. The molecule has 1 heterocycles. The molecule has 0 aromatic heterocycles. The molecule has 7 nitrogen and oxygen atoms in total. The number of amides is 2. The number of nitrogens with one attached hydrogen (secondary N) is 3. The van der Waals surface area contributed by atoms with Gasteiger partial charge in [-0.15, -0.1) is 0 Å². The van der Waals surface area contributed by atoms with Crippen LogP contribution in [0.1, 0.15) is 59.8 Å². The van der Waals surface area contributed by atoms with Crippen LogP contribution in [-0.4, -0.2) is 47.2 Å². The number of likely N-dealkylation sites (tertiary alicyclic amines) is 1. The zero-order valence-electron chi connectivity index (χ0n) is 15.8. The SMILES string of the molecule is CCCCCNC(=S)NNC(=O)C1CCN(C(=O)OC(C)(C)C)CC1. The number of hydrazine groups is 1. The van der Waals surface area contributed by atoms with Crippen molar-refractivity contribution in [3.63, 3.8) is 0 Å². The number of hydrogen-bond donors (Lipinski definition) is 3. The first kappa shape index (κ1) is 21.5. The van der Waals surface area contributed by atoms with E-state index in [1.807, 2.05) is 20.8 Å². The number of hydrogen-bond acceptors (Lipinski definition) is 4. The zero-order valence-corrected chi connectivity index (χ0v) is 16.6. The van der Waals surface area contributed by atoms with Crippen LogP contribution in [0.25, 0.3) is 0 Å². The van der Waals surface area contributed by atoms with Gasteiger partial charge >= 0.3 is 6.09 Å². The molecule has 144 valence electrons. The lowest BCUT2D eigenvalue weighted by atomic mass is 9.96.